The first-order chi connectivity index (χ1) is 8.87. The summed E-state index contributed by atoms with van der Waals surface area (Å²) < 4.78 is 25.5. The number of hydrogen-bond acceptors (Lipinski definition) is 4. The van der Waals surface area contributed by atoms with Gasteiger partial charge in [0.15, 0.2) is 0 Å². The van der Waals surface area contributed by atoms with Gasteiger partial charge in [0.2, 0.25) is 10.0 Å². The summed E-state index contributed by atoms with van der Waals surface area (Å²) in [4.78, 5) is 0.262. The van der Waals surface area contributed by atoms with E-state index in [0.717, 1.165) is 18.5 Å². The number of anilines is 1. The van der Waals surface area contributed by atoms with Crippen LogP contribution < -0.4 is 15.8 Å². The highest BCUT2D eigenvalue weighted by atomic mass is 32.2. The summed E-state index contributed by atoms with van der Waals surface area (Å²) >= 11 is 0. The molecule has 0 aliphatic rings. The lowest BCUT2D eigenvalue weighted by atomic mass is 9.94. The Hall–Kier alpha value is -1.11. The summed E-state index contributed by atoms with van der Waals surface area (Å²) in [5.41, 5.74) is 6.44. The molecular weight excluding hydrogens is 262 g/mol. The van der Waals surface area contributed by atoms with Crippen molar-refractivity contribution < 1.29 is 8.42 Å². The second-order valence-electron chi connectivity index (χ2n) is 4.81. The third-order valence-corrected chi connectivity index (χ3v) is 4.79. The van der Waals surface area contributed by atoms with Crippen molar-refractivity contribution in [2.45, 2.75) is 37.1 Å². The van der Waals surface area contributed by atoms with Crippen LogP contribution in [0.25, 0.3) is 0 Å². The molecule has 0 aliphatic heterocycles. The van der Waals surface area contributed by atoms with Gasteiger partial charge in [-0.25, -0.2) is 13.1 Å². The summed E-state index contributed by atoms with van der Waals surface area (Å²) in [7, 11) is -1.97. The first-order valence-electron chi connectivity index (χ1n) is 6.39. The van der Waals surface area contributed by atoms with Crippen molar-refractivity contribution in [3.8, 4) is 0 Å². The average Bonchev–Trinajstić information content (AvgIpc) is 2.39. The molecule has 0 bridgehead atoms. The van der Waals surface area contributed by atoms with Crippen molar-refractivity contribution in [1.29, 1.82) is 0 Å². The predicted molar refractivity (Wildman–Crippen MR) is 78.7 cm³/mol. The second-order valence-corrected chi connectivity index (χ2v) is 6.70. The fraction of sp³-hybridized carbons (Fsp3) is 0.538. The standard InChI is InChI=1S/C13H23N3O2S/c1-4-13(2,9-10-14)16-11-5-7-12(8-6-11)19(17,18)15-3/h5-8,15-16H,4,9-10,14H2,1-3H3. The third kappa shape index (κ3) is 4.19. The number of nitrogens with one attached hydrogen (secondary N) is 2. The van der Waals surface area contributed by atoms with E-state index < -0.39 is 10.0 Å². The molecule has 5 nitrogen and oxygen atoms in total. The quantitative estimate of drug-likeness (QED) is 0.709. The van der Waals surface area contributed by atoms with Crippen LogP contribution in [0, 0.1) is 0 Å². The molecule has 4 N–H and O–H groups in total. The Balaban J connectivity index is 2.88. The van der Waals surface area contributed by atoms with Gasteiger partial charge in [0.1, 0.15) is 0 Å². The maximum atomic E-state index is 11.6. The smallest absolute Gasteiger partial charge is 0.240 e. The zero-order valence-corrected chi connectivity index (χ0v) is 12.5. The molecule has 0 saturated carbocycles. The van der Waals surface area contributed by atoms with Gasteiger partial charge in [-0.05, 0) is 57.6 Å². The molecule has 0 aromatic heterocycles. The Kier molecular flexibility index (Phi) is 5.34. The lowest BCUT2D eigenvalue weighted by molar-refractivity contribution is 0.463. The molecule has 0 radical (unpaired) electrons. The Morgan fingerprint density at radius 2 is 1.84 bits per heavy atom. The highest BCUT2D eigenvalue weighted by Gasteiger charge is 2.20. The molecule has 1 unspecified atom stereocenters. The summed E-state index contributed by atoms with van der Waals surface area (Å²) in [5.74, 6) is 0. The van der Waals surface area contributed by atoms with Gasteiger partial charge in [-0.2, -0.15) is 0 Å². The minimum absolute atomic E-state index is 0.0713. The van der Waals surface area contributed by atoms with Gasteiger partial charge in [-0.3, -0.25) is 0 Å². The van der Waals surface area contributed by atoms with Crippen molar-refractivity contribution >= 4 is 15.7 Å². The molecule has 0 heterocycles. The Bertz CT molecular complexity index is 499. The highest BCUT2D eigenvalue weighted by Crippen LogP contribution is 2.22. The molecule has 1 atom stereocenters. The van der Waals surface area contributed by atoms with Crippen LogP contribution >= 0.6 is 0 Å². The van der Waals surface area contributed by atoms with E-state index in [2.05, 4.69) is 23.9 Å². The summed E-state index contributed by atoms with van der Waals surface area (Å²) in [6, 6.07) is 6.72. The topological polar surface area (TPSA) is 84.2 Å². The number of benzene rings is 1. The molecule has 108 valence electrons. The summed E-state index contributed by atoms with van der Waals surface area (Å²) in [5, 5.41) is 3.41. The van der Waals surface area contributed by atoms with Crippen LogP contribution in [0.3, 0.4) is 0 Å². The fourth-order valence-electron chi connectivity index (χ4n) is 1.83. The molecule has 1 aromatic rings. The minimum atomic E-state index is -3.37. The van der Waals surface area contributed by atoms with Crippen LogP contribution in [0.4, 0.5) is 5.69 Å². The van der Waals surface area contributed by atoms with Crippen LogP contribution in [-0.4, -0.2) is 27.5 Å². The van der Waals surface area contributed by atoms with E-state index in [9.17, 15) is 8.42 Å². The normalized spacial score (nSPS) is 14.9. The molecule has 6 heteroatoms. The molecule has 0 spiro atoms. The van der Waals surface area contributed by atoms with Crippen LogP contribution in [0.15, 0.2) is 29.2 Å². The predicted octanol–water partition coefficient (Wildman–Crippen LogP) is 1.52. The summed E-state index contributed by atoms with van der Waals surface area (Å²) in [6.45, 7) is 4.82. The summed E-state index contributed by atoms with van der Waals surface area (Å²) in [6.07, 6.45) is 1.81. The second kappa shape index (κ2) is 6.36. The monoisotopic (exact) mass is 285 g/mol. The van der Waals surface area contributed by atoms with Crippen LogP contribution in [0.1, 0.15) is 26.7 Å². The average molecular weight is 285 g/mol. The molecule has 0 aliphatic carbocycles. The van der Waals surface area contributed by atoms with E-state index >= 15 is 0 Å². The van der Waals surface area contributed by atoms with E-state index in [4.69, 9.17) is 5.73 Å². The van der Waals surface area contributed by atoms with Gasteiger partial charge >= 0.3 is 0 Å². The van der Waals surface area contributed by atoms with E-state index in [1.165, 1.54) is 7.05 Å². The van der Waals surface area contributed by atoms with Crippen LogP contribution in [-0.2, 0) is 10.0 Å². The molecule has 0 amide bonds. The van der Waals surface area contributed by atoms with E-state index in [1.54, 1.807) is 24.3 Å². The number of hydrogen-bond donors (Lipinski definition) is 3. The van der Waals surface area contributed by atoms with Gasteiger partial charge < -0.3 is 11.1 Å². The Morgan fingerprint density at radius 1 is 1.26 bits per heavy atom. The zero-order chi connectivity index (χ0) is 14.5. The lowest BCUT2D eigenvalue weighted by Crippen LogP contribution is -2.36. The maximum Gasteiger partial charge on any atom is 0.240 e. The lowest BCUT2D eigenvalue weighted by Gasteiger charge is -2.30. The van der Waals surface area contributed by atoms with Gasteiger partial charge in [0, 0.05) is 11.2 Å². The number of sulfonamides is 1. The van der Waals surface area contributed by atoms with E-state index in [0.29, 0.717) is 6.54 Å². The van der Waals surface area contributed by atoms with Crippen LogP contribution in [0.2, 0.25) is 0 Å². The fourth-order valence-corrected chi connectivity index (χ4v) is 2.56. The molecular formula is C13H23N3O2S. The van der Waals surface area contributed by atoms with Gasteiger partial charge in [-0.15, -0.1) is 0 Å². The highest BCUT2D eigenvalue weighted by molar-refractivity contribution is 7.89. The van der Waals surface area contributed by atoms with E-state index in [-0.39, 0.29) is 10.4 Å². The SMILES string of the molecule is CCC(C)(CCN)Nc1ccc(S(=O)(=O)NC)cc1. The Labute approximate surface area is 115 Å². The van der Waals surface area contributed by atoms with Gasteiger partial charge in [-0.1, -0.05) is 6.92 Å². The van der Waals surface area contributed by atoms with Gasteiger partial charge in [0.05, 0.1) is 4.90 Å². The molecule has 1 aromatic carbocycles. The van der Waals surface area contributed by atoms with Crippen molar-refractivity contribution in [3.63, 3.8) is 0 Å². The van der Waals surface area contributed by atoms with Gasteiger partial charge in [0.25, 0.3) is 0 Å². The van der Waals surface area contributed by atoms with E-state index in [1.807, 2.05) is 0 Å². The van der Waals surface area contributed by atoms with Crippen molar-refractivity contribution in [3.05, 3.63) is 24.3 Å². The van der Waals surface area contributed by atoms with Crippen molar-refractivity contribution in [2.75, 3.05) is 18.9 Å². The third-order valence-electron chi connectivity index (χ3n) is 3.36. The molecule has 1 rings (SSSR count). The maximum absolute atomic E-state index is 11.6. The van der Waals surface area contributed by atoms with Crippen molar-refractivity contribution in [2.24, 2.45) is 5.73 Å². The Morgan fingerprint density at radius 3 is 2.26 bits per heavy atom. The van der Waals surface area contributed by atoms with Crippen LogP contribution in [0.5, 0.6) is 0 Å². The minimum Gasteiger partial charge on any atom is -0.380 e. The number of rotatable bonds is 7. The first-order valence-corrected chi connectivity index (χ1v) is 7.87. The largest absolute Gasteiger partial charge is 0.380 e. The molecule has 0 saturated heterocycles. The first kappa shape index (κ1) is 15.9. The number of nitrogens with two attached hydrogens (primary N) is 1. The van der Waals surface area contributed by atoms with Crippen molar-refractivity contribution in [1.82, 2.24) is 4.72 Å². The molecule has 0 fully saturated rings. The zero-order valence-electron chi connectivity index (χ0n) is 11.7. The molecule has 19 heavy (non-hydrogen) atoms.